The van der Waals surface area contributed by atoms with Gasteiger partial charge in [-0.3, -0.25) is 0 Å². The van der Waals surface area contributed by atoms with Gasteiger partial charge in [-0.15, -0.1) is 0 Å². The third-order valence-corrected chi connectivity index (χ3v) is 2.64. The van der Waals surface area contributed by atoms with Crippen molar-refractivity contribution in [2.75, 3.05) is 19.5 Å². The number of rotatable bonds is 1. The van der Waals surface area contributed by atoms with E-state index in [-0.39, 0.29) is 23.6 Å². The van der Waals surface area contributed by atoms with Crippen LogP contribution in [0, 0.1) is 11.3 Å². The first kappa shape index (κ1) is 11.4. The number of nitrogens with two attached hydrogens (primary N) is 1. The maximum atomic E-state index is 11.7. The smallest absolute Gasteiger partial charge is 0.339 e. The monoisotopic (exact) mass is 233 g/mol. The Balaban J connectivity index is 2.71. The van der Waals surface area contributed by atoms with Crippen LogP contribution < -0.4 is 5.73 Å². The van der Waals surface area contributed by atoms with E-state index in [0.29, 0.717) is 24.3 Å². The van der Waals surface area contributed by atoms with E-state index in [9.17, 15) is 4.79 Å². The maximum absolute atomic E-state index is 11.7. The lowest BCUT2D eigenvalue weighted by Gasteiger charge is -2.19. The van der Waals surface area contributed by atoms with E-state index < -0.39 is 5.97 Å². The molecule has 17 heavy (non-hydrogen) atoms. The fraction of sp³-hybridized carbons (Fsp3) is 0.364. The summed E-state index contributed by atoms with van der Waals surface area (Å²) in [7, 11) is 1.26. The number of aromatic nitrogens is 1. The van der Waals surface area contributed by atoms with Crippen molar-refractivity contribution in [3.63, 3.8) is 0 Å². The quantitative estimate of drug-likeness (QED) is 0.705. The molecule has 0 unspecified atom stereocenters. The van der Waals surface area contributed by atoms with Gasteiger partial charge in [-0.05, 0) is 0 Å². The second kappa shape index (κ2) is 4.39. The number of nitrogen functional groups attached to an aromatic ring is 1. The molecule has 0 aromatic carbocycles. The molecule has 0 saturated carbocycles. The molecule has 0 radical (unpaired) electrons. The number of fused-ring (bicyclic) bond motifs is 1. The lowest BCUT2D eigenvalue weighted by atomic mass is 9.98. The van der Waals surface area contributed by atoms with Gasteiger partial charge in [0.05, 0.1) is 31.6 Å². The lowest BCUT2D eigenvalue weighted by Crippen LogP contribution is -2.20. The van der Waals surface area contributed by atoms with E-state index in [2.05, 4.69) is 9.72 Å². The first-order valence-corrected chi connectivity index (χ1v) is 5.06. The normalized spacial score (nSPS) is 13.6. The van der Waals surface area contributed by atoms with E-state index in [0.717, 1.165) is 0 Å². The van der Waals surface area contributed by atoms with Crippen molar-refractivity contribution >= 4 is 11.8 Å². The number of carbonyl (C=O) groups excluding carboxylic acids is 1. The van der Waals surface area contributed by atoms with Crippen LogP contribution in [0.25, 0.3) is 0 Å². The molecule has 2 heterocycles. The average molecular weight is 233 g/mol. The number of anilines is 1. The van der Waals surface area contributed by atoms with Gasteiger partial charge in [-0.2, -0.15) is 5.26 Å². The highest BCUT2D eigenvalue weighted by Gasteiger charge is 2.26. The molecule has 1 aliphatic heterocycles. The van der Waals surface area contributed by atoms with Crippen LogP contribution in [0.15, 0.2) is 0 Å². The summed E-state index contributed by atoms with van der Waals surface area (Å²) in [6.45, 7) is 0.785. The van der Waals surface area contributed by atoms with Crippen LogP contribution in [0.3, 0.4) is 0 Å². The molecule has 0 aliphatic carbocycles. The second-order valence-electron chi connectivity index (χ2n) is 3.58. The van der Waals surface area contributed by atoms with Crippen LogP contribution >= 0.6 is 0 Å². The molecule has 1 aromatic rings. The summed E-state index contributed by atoms with van der Waals surface area (Å²) >= 11 is 0. The number of esters is 1. The van der Waals surface area contributed by atoms with Crippen molar-refractivity contribution < 1.29 is 14.3 Å². The van der Waals surface area contributed by atoms with Crippen LogP contribution in [-0.2, 0) is 22.5 Å². The summed E-state index contributed by atoms with van der Waals surface area (Å²) in [5.74, 6) is -0.522. The fourth-order valence-electron chi connectivity index (χ4n) is 1.84. The largest absolute Gasteiger partial charge is 0.465 e. The molecule has 0 fully saturated rings. The van der Waals surface area contributed by atoms with E-state index >= 15 is 0 Å². The summed E-state index contributed by atoms with van der Waals surface area (Å²) in [5, 5.41) is 9.03. The molecule has 2 rings (SSSR count). The number of nitriles is 1. The first-order valence-electron chi connectivity index (χ1n) is 5.06. The summed E-state index contributed by atoms with van der Waals surface area (Å²) < 4.78 is 9.94. The minimum absolute atomic E-state index is 0.0566. The third kappa shape index (κ3) is 1.81. The molecule has 1 aromatic heterocycles. The SMILES string of the molecule is COC(=O)c1c(C#N)c(N)nc2c1COCC2. The molecular weight excluding hydrogens is 222 g/mol. The molecule has 0 spiro atoms. The van der Waals surface area contributed by atoms with Gasteiger partial charge in [0.1, 0.15) is 17.5 Å². The third-order valence-electron chi connectivity index (χ3n) is 2.64. The molecule has 0 amide bonds. The zero-order valence-corrected chi connectivity index (χ0v) is 9.32. The molecule has 2 N–H and O–H groups in total. The van der Waals surface area contributed by atoms with Crippen LogP contribution in [-0.4, -0.2) is 24.7 Å². The van der Waals surface area contributed by atoms with E-state index in [1.165, 1.54) is 7.11 Å². The predicted octanol–water partition coefficient (Wildman–Crippen LogP) is 0.395. The Labute approximate surface area is 98.0 Å². The van der Waals surface area contributed by atoms with Crippen molar-refractivity contribution in [2.45, 2.75) is 13.0 Å². The molecule has 0 atom stereocenters. The van der Waals surface area contributed by atoms with Gasteiger partial charge in [-0.25, -0.2) is 9.78 Å². The number of carbonyl (C=O) groups is 1. The Bertz CT molecular complexity index is 520. The van der Waals surface area contributed by atoms with E-state index in [4.69, 9.17) is 15.7 Å². The standard InChI is InChI=1S/C11H11N3O3/c1-16-11(15)9-6(4-12)10(13)14-8-2-3-17-5-7(8)9/h2-3,5H2,1H3,(H2,13,14). The number of nitrogens with zero attached hydrogens (tertiary/aromatic N) is 2. The molecular formula is C11H11N3O3. The van der Waals surface area contributed by atoms with Gasteiger partial charge in [-0.1, -0.05) is 0 Å². The van der Waals surface area contributed by atoms with Gasteiger partial charge < -0.3 is 15.2 Å². The summed E-state index contributed by atoms with van der Waals surface area (Å²) in [4.78, 5) is 15.8. The van der Waals surface area contributed by atoms with E-state index in [1.807, 2.05) is 6.07 Å². The van der Waals surface area contributed by atoms with Gasteiger partial charge in [0.25, 0.3) is 0 Å². The lowest BCUT2D eigenvalue weighted by molar-refractivity contribution is 0.0586. The Hall–Kier alpha value is -2.13. The summed E-state index contributed by atoms with van der Waals surface area (Å²) in [5.41, 5.74) is 7.21. The zero-order chi connectivity index (χ0) is 12.4. The van der Waals surface area contributed by atoms with Crippen molar-refractivity contribution in [2.24, 2.45) is 0 Å². The fourth-order valence-corrected chi connectivity index (χ4v) is 1.84. The number of hydrogen-bond donors (Lipinski definition) is 1. The minimum atomic E-state index is -0.586. The molecule has 6 heteroatoms. The van der Waals surface area contributed by atoms with E-state index in [1.54, 1.807) is 0 Å². The van der Waals surface area contributed by atoms with Crippen LogP contribution in [0.1, 0.15) is 27.2 Å². The number of pyridine rings is 1. The van der Waals surface area contributed by atoms with Crippen LogP contribution in [0.5, 0.6) is 0 Å². The molecule has 88 valence electrons. The molecule has 0 saturated heterocycles. The van der Waals surface area contributed by atoms with Crippen molar-refractivity contribution in [3.05, 3.63) is 22.4 Å². The van der Waals surface area contributed by atoms with Gasteiger partial charge in [0, 0.05) is 12.0 Å². The maximum Gasteiger partial charge on any atom is 0.339 e. The summed E-state index contributed by atoms with van der Waals surface area (Å²) in [6.07, 6.45) is 0.579. The number of hydrogen-bond acceptors (Lipinski definition) is 6. The Morgan fingerprint density at radius 3 is 3.06 bits per heavy atom. The minimum Gasteiger partial charge on any atom is -0.465 e. The van der Waals surface area contributed by atoms with Gasteiger partial charge in [0.2, 0.25) is 0 Å². The average Bonchev–Trinajstić information content (AvgIpc) is 2.36. The predicted molar refractivity (Wildman–Crippen MR) is 58.1 cm³/mol. The number of methoxy groups -OCH3 is 1. The van der Waals surface area contributed by atoms with Gasteiger partial charge >= 0.3 is 5.97 Å². The highest BCUT2D eigenvalue weighted by atomic mass is 16.5. The van der Waals surface area contributed by atoms with Crippen molar-refractivity contribution in [3.8, 4) is 6.07 Å². The topological polar surface area (TPSA) is 98.2 Å². The highest BCUT2D eigenvalue weighted by molar-refractivity contribution is 5.95. The second-order valence-corrected chi connectivity index (χ2v) is 3.58. The highest BCUT2D eigenvalue weighted by Crippen LogP contribution is 2.26. The van der Waals surface area contributed by atoms with Crippen LogP contribution in [0.2, 0.25) is 0 Å². The zero-order valence-electron chi connectivity index (χ0n) is 9.32. The first-order chi connectivity index (χ1) is 8.19. The summed E-state index contributed by atoms with van der Waals surface area (Å²) in [6, 6.07) is 1.89. The molecule has 1 aliphatic rings. The molecule has 6 nitrogen and oxygen atoms in total. The van der Waals surface area contributed by atoms with Gasteiger partial charge in [0.15, 0.2) is 0 Å². The van der Waals surface area contributed by atoms with Crippen molar-refractivity contribution in [1.82, 2.24) is 4.98 Å². The molecule has 0 bridgehead atoms. The van der Waals surface area contributed by atoms with Crippen LogP contribution in [0.4, 0.5) is 5.82 Å². The number of ether oxygens (including phenoxy) is 2. The Kier molecular flexibility index (Phi) is 2.93. The van der Waals surface area contributed by atoms with Crippen molar-refractivity contribution in [1.29, 1.82) is 5.26 Å². The Morgan fingerprint density at radius 1 is 1.65 bits per heavy atom. The Morgan fingerprint density at radius 2 is 2.41 bits per heavy atom.